The van der Waals surface area contributed by atoms with Crippen molar-refractivity contribution in [1.29, 1.82) is 0 Å². The zero-order valence-electron chi connectivity index (χ0n) is 26.1. The van der Waals surface area contributed by atoms with E-state index in [0.717, 1.165) is 34.9 Å². The standard InChI is InChI=1S/C39H38N2O5S/c42-36-28-39(25-23-29-11-3-1-4-12-29,26-24-30-13-5-2-6-14-30)46-38(43)34(36)19-10-16-31-15-9-18-33(27-31)41-47(44,45)37-22-21-32-17-7-8-20-35(32)40-37/h1-9,11-15,17-18,20-22,27,41-42H,10,16,19,23-26,28H2. The van der Waals surface area contributed by atoms with Crippen molar-refractivity contribution < 1.29 is 23.1 Å². The molecule has 1 aliphatic heterocycles. The predicted octanol–water partition coefficient (Wildman–Crippen LogP) is 8.12. The van der Waals surface area contributed by atoms with E-state index >= 15 is 0 Å². The van der Waals surface area contributed by atoms with E-state index in [1.54, 1.807) is 30.3 Å². The number of pyridine rings is 1. The molecule has 6 rings (SSSR count). The van der Waals surface area contributed by atoms with Crippen LogP contribution in [0, 0.1) is 0 Å². The van der Waals surface area contributed by atoms with Gasteiger partial charge in [0.15, 0.2) is 5.03 Å². The summed E-state index contributed by atoms with van der Waals surface area (Å²) in [6.07, 6.45) is 4.52. The first kappa shape index (κ1) is 32.0. The summed E-state index contributed by atoms with van der Waals surface area (Å²) < 4.78 is 35.0. The molecule has 47 heavy (non-hydrogen) atoms. The Morgan fingerprint density at radius 3 is 2.04 bits per heavy atom. The second-order valence-corrected chi connectivity index (χ2v) is 13.8. The van der Waals surface area contributed by atoms with Crippen molar-refractivity contribution in [2.75, 3.05) is 4.72 Å². The molecule has 2 N–H and O–H groups in total. The molecule has 2 heterocycles. The molecule has 0 amide bonds. The van der Waals surface area contributed by atoms with Gasteiger partial charge < -0.3 is 9.84 Å². The fourth-order valence-corrected chi connectivity index (χ4v) is 7.18. The lowest BCUT2D eigenvalue weighted by Gasteiger charge is -2.37. The Morgan fingerprint density at radius 1 is 0.723 bits per heavy atom. The van der Waals surface area contributed by atoms with E-state index in [1.807, 2.05) is 60.7 Å². The lowest BCUT2D eigenvalue weighted by Crippen LogP contribution is -2.41. The van der Waals surface area contributed by atoms with Crippen LogP contribution in [-0.4, -0.2) is 30.1 Å². The molecule has 7 nitrogen and oxygen atoms in total. The summed E-state index contributed by atoms with van der Waals surface area (Å²) in [6, 6.07) is 38.0. The van der Waals surface area contributed by atoms with Gasteiger partial charge in [0.05, 0.1) is 11.1 Å². The van der Waals surface area contributed by atoms with Crippen molar-refractivity contribution in [2.24, 2.45) is 0 Å². The van der Waals surface area contributed by atoms with Crippen molar-refractivity contribution in [2.45, 2.75) is 62.0 Å². The van der Waals surface area contributed by atoms with Gasteiger partial charge in [-0.25, -0.2) is 9.78 Å². The number of rotatable bonds is 13. The molecule has 0 radical (unpaired) electrons. The molecular weight excluding hydrogens is 609 g/mol. The van der Waals surface area contributed by atoms with E-state index in [1.165, 1.54) is 6.07 Å². The van der Waals surface area contributed by atoms with Crippen LogP contribution in [0.5, 0.6) is 0 Å². The molecule has 240 valence electrons. The van der Waals surface area contributed by atoms with Crippen molar-refractivity contribution in [3.63, 3.8) is 0 Å². The van der Waals surface area contributed by atoms with Crippen LogP contribution in [0.3, 0.4) is 0 Å². The molecule has 0 unspecified atom stereocenters. The molecule has 0 bridgehead atoms. The molecule has 1 aliphatic rings. The third-order valence-corrected chi connectivity index (χ3v) is 10.0. The summed E-state index contributed by atoms with van der Waals surface area (Å²) in [5.41, 5.74) is 3.79. The summed E-state index contributed by atoms with van der Waals surface area (Å²) in [5.74, 6) is -0.356. The van der Waals surface area contributed by atoms with Crippen LogP contribution in [0.1, 0.15) is 48.8 Å². The topological polar surface area (TPSA) is 106 Å². The Bertz CT molecular complexity index is 1950. The minimum Gasteiger partial charge on any atom is -0.512 e. The minimum absolute atomic E-state index is 0.0524. The summed E-state index contributed by atoms with van der Waals surface area (Å²) in [4.78, 5) is 17.7. The van der Waals surface area contributed by atoms with E-state index < -0.39 is 21.6 Å². The van der Waals surface area contributed by atoms with Crippen LogP contribution < -0.4 is 4.72 Å². The fraction of sp³-hybridized carbons (Fsp3) is 0.231. The first-order valence-corrected chi connectivity index (χ1v) is 17.5. The summed E-state index contributed by atoms with van der Waals surface area (Å²) in [7, 11) is -3.89. The van der Waals surface area contributed by atoms with Crippen LogP contribution in [0.15, 0.2) is 138 Å². The average molecular weight is 647 g/mol. The maximum atomic E-state index is 13.4. The number of aromatic nitrogens is 1. The van der Waals surface area contributed by atoms with Crippen molar-refractivity contribution >= 4 is 32.6 Å². The van der Waals surface area contributed by atoms with Crippen LogP contribution in [0.25, 0.3) is 10.9 Å². The second kappa shape index (κ2) is 14.2. The van der Waals surface area contributed by atoms with E-state index in [-0.39, 0.29) is 17.2 Å². The Kier molecular flexibility index (Phi) is 9.68. The van der Waals surface area contributed by atoms with Gasteiger partial charge in [-0.15, -0.1) is 0 Å². The highest BCUT2D eigenvalue weighted by atomic mass is 32.2. The van der Waals surface area contributed by atoms with Crippen LogP contribution in [0.4, 0.5) is 5.69 Å². The van der Waals surface area contributed by atoms with Gasteiger partial charge >= 0.3 is 5.97 Å². The lowest BCUT2D eigenvalue weighted by atomic mass is 9.82. The maximum absolute atomic E-state index is 13.4. The fourth-order valence-electron chi connectivity index (χ4n) is 6.17. The van der Waals surface area contributed by atoms with Gasteiger partial charge in [0.2, 0.25) is 0 Å². The largest absolute Gasteiger partial charge is 0.512 e. The monoisotopic (exact) mass is 646 g/mol. The van der Waals surface area contributed by atoms with E-state index in [2.05, 4.69) is 34.0 Å². The molecule has 0 spiro atoms. The zero-order chi connectivity index (χ0) is 32.7. The van der Waals surface area contributed by atoms with Crippen molar-refractivity contribution in [3.05, 3.63) is 149 Å². The quantitative estimate of drug-likeness (QED) is 0.125. The Morgan fingerprint density at radius 2 is 1.36 bits per heavy atom. The number of fused-ring (bicyclic) bond motifs is 1. The van der Waals surface area contributed by atoms with Gasteiger partial charge in [0.1, 0.15) is 11.4 Å². The minimum atomic E-state index is -3.89. The van der Waals surface area contributed by atoms with Crippen molar-refractivity contribution in [3.8, 4) is 0 Å². The van der Waals surface area contributed by atoms with Gasteiger partial charge in [0, 0.05) is 17.5 Å². The number of aliphatic hydroxyl groups is 1. The SMILES string of the molecule is O=C1OC(CCc2ccccc2)(CCc2ccccc2)CC(O)=C1CCCc1cccc(NS(=O)(=O)c2ccc3ccccc3n2)c1. The number of hydrogen-bond donors (Lipinski definition) is 2. The number of cyclic esters (lactones) is 1. The zero-order valence-corrected chi connectivity index (χ0v) is 27.0. The van der Waals surface area contributed by atoms with E-state index in [0.29, 0.717) is 48.9 Å². The first-order chi connectivity index (χ1) is 22.8. The third-order valence-electron chi connectivity index (χ3n) is 8.74. The van der Waals surface area contributed by atoms with Gasteiger partial charge in [-0.05, 0) is 92.0 Å². The molecule has 0 saturated heterocycles. The number of anilines is 1. The summed E-state index contributed by atoms with van der Waals surface area (Å²) in [6.45, 7) is 0. The number of para-hydroxylation sites is 1. The second-order valence-electron chi connectivity index (χ2n) is 12.1. The van der Waals surface area contributed by atoms with Gasteiger partial charge in [-0.2, -0.15) is 8.42 Å². The molecule has 0 aliphatic carbocycles. The number of sulfonamides is 1. The maximum Gasteiger partial charge on any atom is 0.337 e. The van der Waals surface area contributed by atoms with Gasteiger partial charge in [-0.1, -0.05) is 91.0 Å². The number of hydrogen-bond acceptors (Lipinski definition) is 6. The average Bonchev–Trinajstić information content (AvgIpc) is 3.08. The number of aryl methyl sites for hydroxylation is 3. The smallest absolute Gasteiger partial charge is 0.337 e. The van der Waals surface area contributed by atoms with Crippen molar-refractivity contribution in [1.82, 2.24) is 4.98 Å². The normalized spacial score (nSPS) is 14.6. The number of carbonyl (C=O) groups excluding carboxylic acids is 1. The predicted molar refractivity (Wildman–Crippen MR) is 185 cm³/mol. The number of aliphatic hydroxyl groups excluding tert-OH is 1. The molecule has 0 saturated carbocycles. The van der Waals surface area contributed by atoms with Crippen LogP contribution >= 0.6 is 0 Å². The Hall–Kier alpha value is -4.95. The molecule has 0 fully saturated rings. The molecular formula is C39H38N2O5S. The molecule has 4 aromatic carbocycles. The number of esters is 1. The van der Waals surface area contributed by atoms with Crippen LogP contribution in [0.2, 0.25) is 0 Å². The third kappa shape index (κ3) is 8.07. The van der Waals surface area contributed by atoms with Crippen LogP contribution in [-0.2, 0) is 38.8 Å². The number of benzene rings is 4. The highest BCUT2D eigenvalue weighted by Crippen LogP contribution is 2.38. The Labute approximate surface area is 276 Å². The number of ether oxygens (including phenoxy) is 1. The van der Waals surface area contributed by atoms with E-state index in [9.17, 15) is 18.3 Å². The van der Waals surface area contributed by atoms with Gasteiger partial charge in [-0.3, -0.25) is 4.72 Å². The molecule has 5 aromatic rings. The lowest BCUT2D eigenvalue weighted by molar-refractivity contribution is -0.160. The van der Waals surface area contributed by atoms with Gasteiger partial charge in [0.25, 0.3) is 10.0 Å². The first-order valence-electron chi connectivity index (χ1n) is 16.0. The highest BCUT2D eigenvalue weighted by Gasteiger charge is 2.41. The summed E-state index contributed by atoms with van der Waals surface area (Å²) in [5, 5.41) is 12.0. The Balaban J connectivity index is 1.10. The number of nitrogens with zero attached hydrogens (tertiary/aromatic N) is 1. The molecule has 1 aromatic heterocycles. The number of nitrogens with one attached hydrogen (secondary N) is 1. The molecule has 8 heteroatoms. The highest BCUT2D eigenvalue weighted by molar-refractivity contribution is 7.92. The molecule has 0 atom stereocenters. The number of carbonyl (C=O) groups is 1. The van der Waals surface area contributed by atoms with E-state index in [4.69, 9.17) is 4.74 Å². The summed E-state index contributed by atoms with van der Waals surface area (Å²) >= 11 is 0.